The van der Waals surface area contributed by atoms with Crippen molar-refractivity contribution in [1.29, 1.82) is 0 Å². The Balaban J connectivity index is 2.78. The number of carbonyl (C=O) groups excluding carboxylic acids is 2. The number of fused-ring (bicyclic) bond motifs is 1. The van der Waals surface area contributed by atoms with E-state index in [1.54, 1.807) is 17.5 Å². The van der Waals surface area contributed by atoms with Crippen molar-refractivity contribution in [2.24, 2.45) is 5.92 Å². The summed E-state index contributed by atoms with van der Waals surface area (Å²) in [5.74, 6) is -0.154. The van der Waals surface area contributed by atoms with Crippen LogP contribution < -0.4 is 0 Å². The minimum Gasteiger partial charge on any atom is -0.464 e. The lowest BCUT2D eigenvalue weighted by molar-refractivity contribution is -0.167. The highest BCUT2D eigenvalue weighted by atomic mass is 16.6. The van der Waals surface area contributed by atoms with Gasteiger partial charge in [-0.05, 0) is 53.0 Å². The second-order valence-corrected chi connectivity index (χ2v) is 8.75. The molecule has 164 valence electrons. The van der Waals surface area contributed by atoms with Crippen molar-refractivity contribution in [2.75, 3.05) is 6.61 Å². The van der Waals surface area contributed by atoms with Crippen LogP contribution in [0.3, 0.4) is 0 Å². The van der Waals surface area contributed by atoms with Crippen LogP contribution in [-0.2, 0) is 14.3 Å². The van der Waals surface area contributed by atoms with Crippen molar-refractivity contribution in [3.8, 4) is 0 Å². The molecule has 7 heteroatoms. The number of allylic oxidation sites excluding steroid dienone is 1. The highest BCUT2D eigenvalue weighted by Crippen LogP contribution is 2.31. The van der Waals surface area contributed by atoms with Crippen LogP contribution in [0.25, 0.3) is 11.7 Å². The molecule has 0 N–H and O–H groups in total. The van der Waals surface area contributed by atoms with Crippen molar-refractivity contribution in [3.63, 3.8) is 0 Å². The van der Waals surface area contributed by atoms with Crippen LogP contribution in [0.1, 0.15) is 88.4 Å². The first-order valence-electron chi connectivity index (χ1n) is 10.4. The van der Waals surface area contributed by atoms with E-state index in [1.807, 2.05) is 39.8 Å². The third-order valence-electron chi connectivity index (χ3n) is 4.34. The van der Waals surface area contributed by atoms with Gasteiger partial charge in [-0.2, -0.15) is 5.10 Å². The SMILES string of the molecule is CCOC(=O)[C@@H](OC(C)(C)C)c1c(C)nc2cc(C(C)=O)nn2c1/C=C/CC(C)C. The minimum atomic E-state index is -0.967. The normalized spacial score (nSPS) is 13.4. The number of ketones is 1. The Labute approximate surface area is 178 Å². The summed E-state index contributed by atoms with van der Waals surface area (Å²) in [6.07, 6.45) is 3.85. The monoisotopic (exact) mass is 415 g/mol. The minimum absolute atomic E-state index is 0.148. The molecule has 0 bridgehead atoms. The van der Waals surface area contributed by atoms with Gasteiger partial charge in [0.15, 0.2) is 17.5 Å². The van der Waals surface area contributed by atoms with E-state index in [2.05, 4.69) is 23.9 Å². The number of aromatic nitrogens is 3. The van der Waals surface area contributed by atoms with Crippen molar-refractivity contribution in [2.45, 2.75) is 73.5 Å². The third-order valence-corrected chi connectivity index (χ3v) is 4.34. The summed E-state index contributed by atoms with van der Waals surface area (Å²) in [6, 6.07) is 1.66. The molecule has 0 amide bonds. The lowest BCUT2D eigenvalue weighted by atomic mass is 10.0. The molecule has 30 heavy (non-hydrogen) atoms. The molecule has 0 fully saturated rings. The smallest absolute Gasteiger partial charge is 0.340 e. The van der Waals surface area contributed by atoms with E-state index in [1.165, 1.54) is 6.92 Å². The number of nitrogens with zero attached hydrogens (tertiary/aromatic N) is 3. The number of esters is 1. The van der Waals surface area contributed by atoms with Gasteiger partial charge >= 0.3 is 5.97 Å². The Morgan fingerprint density at radius 1 is 1.27 bits per heavy atom. The largest absolute Gasteiger partial charge is 0.464 e. The van der Waals surface area contributed by atoms with Gasteiger partial charge in [-0.1, -0.05) is 19.9 Å². The van der Waals surface area contributed by atoms with E-state index in [0.29, 0.717) is 34.2 Å². The standard InChI is InChI=1S/C23H33N3O4/c1-9-29-22(28)21(30-23(6,7)8)20-15(4)24-19-13-17(16(5)27)25-26(19)18(20)12-10-11-14(2)3/h10,12-14,21H,9,11H2,1-8H3/b12-10+/t21-/m0/s1. The summed E-state index contributed by atoms with van der Waals surface area (Å²) >= 11 is 0. The molecule has 2 aromatic rings. The van der Waals surface area contributed by atoms with E-state index in [4.69, 9.17) is 9.47 Å². The maximum Gasteiger partial charge on any atom is 0.340 e. The van der Waals surface area contributed by atoms with Crippen LogP contribution in [0.15, 0.2) is 12.1 Å². The van der Waals surface area contributed by atoms with Gasteiger partial charge in [-0.3, -0.25) is 4.79 Å². The van der Waals surface area contributed by atoms with Gasteiger partial charge in [0.25, 0.3) is 0 Å². The third kappa shape index (κ3) is 5.75. The zero-order chi connectivity index (χ0) is 22.6. The van der Waals surface area contributed by atoms with Crippen LogP contribution >= 0.6 is 0 Å². The zero-order valence-electron chi connectivity index (χ0n) is 19.3. The quantitative estimate of drug-likeness (QED) is 0.458. The maximum absolute atomic E-state index is 12.9. The molecule has 1 atom stereocenters. The number of ether oxygens (including phenoxy) is 2. The van der Waals surface area contributed by atoms with Gasteiger partial charge in [0, 0.05) is 24.2 Å². The fourth-order valence-corrected chi connectivity index (χ4v) is 3.06. The number of Topliss-reactive ketones (excluding diaryl/α,β-unsaturated/α-hetero) is 1. The molecule has 2 rings (SSSR count). The van der Waals surface area contributed by atoms with Gasteiger partial charge in [0.05, 0.1) is 17.9 Å². The van der Waals surface area contributed by atoms with Crippen LogP contribution in [0.2, 0.25) is 0 Å². The molecule has 0 aromatic carbocycles. The summed E-state index contributed by atoms with van der Waals surface area (Å²) in [6.45, 7) is 15.2. The fourth-order valence-electron chi connectivity index (χ4n) is 3.06. The van der Waals surface area contributed by atoms with Crippen LogP contribution in [0.4, 0.5) is 0 Å². The molecule has 2 aromatic heterocycles. The van der Waals surface area contributed by atoms with Crippen molar-refractivity contribution >= 4 is 23.5 Å². The Morgan fingerprint density at radius 2 is 1.93 bits per heavy atom. The molecule has 0 unspecified atom stereocenters. The van der Waals surface area contributed by atoms with E-state index in [0.717, 1.165) is 6.42 Å². The van der Waals surface area contributed by atoms with Gasteiger partial charge in [0.1, 0.15) is 5.69 Å². The molecule has 0 radical (unpaired) electrons. The van der Waals surface area contributed by atoms with Crippen LogP contribution in [0.5, 0.6) is 0 Å². The van der Waals surface area contributed by atoms with Crippen LogP contribution in [-0.4, -0.2) is 38.6 Å². The van der Waals surface area contributed by atoms with Crippen molar-refractivity contribution in [1.82, 2.24) is 14.6 Å². The molecular formula is C23H33N3O4. The Bertz CT molecular complexity index is 951. The predicted molar refractivity (Wildman–Crippen MR) is 116 cm³/mol. The van der Waals surface area contributed by atoms with Gasteiger partial charge in [-0.15, -0.1) is 0 Å². The van der Waals surface area contributed by atoms with Gasteiger partial charge < -0.3 is 9.47 Å². The zero-order valence-corrected chi connectivity index (χ0v) is 19.3. The molecule has 0 aliphatic carbocycles. The van der Waals surface area contributed by atoms with Crippen molar-refractivity contribution in [3.05, 3.63) is 34.8 Å². The first-order chi connectivity index (χ1) is 13.9. The average Bonchev–Trinajstić information content (AvgIpc) is 3.03. The predicted octanol–water partition coefficient (Wildman–Crippen LogP) is 4.72. The van der Waals surface area contributed by atoms with Crippen molar-refractivity contribution < 1.29 is 19.1 Å². The van der Waals surface area contributed by atoms with Crippen LogP contribution in [0, 0.1) is 12.8 Å². The second kappa shape index (κ2) is 9.51. The highest BCUT2D eigenvalue weighted by Gasteiger charge is 2.33. The second-order valence-electron chi connectivity index (χ2n) is 8.75. The number of hydrogen-bond acceptors (Lipinski definition) is 6. The molecule has 0 saturated heterocycles. The summed E-state index contributed by atoms with van der Waals surface area (Å²) in [5, 5.41) is 4.44. The fraction of sp³-hybridized carbons (Fsp3) is 0.565. The Hall–Kier alpha value is -2.54. The molecule has 7 nitrogen and oxygen atoms in total. The number of hydrogen-bond donors (Lipinski definition) is 0. The Morgan fingerprint density at radius 3 is 2.47 bits per heavy atom. The van der Waals surface area contributed by atoms with Gasteiger partial charge in [-0.25, -0.2) is 14.3 Å². The first-order valence-corrected chi connectivity index (χ1v) is 10.4. The number of rotatable bonds is 8. The summed E-state index contributed by atoms with van der Waals surface area (Å²) in [5.41, 5.74) is 2.16. The van der Waals surface area contributed by atoms with E-state index in [9.17, 15) is 9.59 Å². The van der Waals surface area contributed by atoms with Gasteiger partial charge in [0.2, 0.25) is 0 Å². The molecule has 0 spiro atoms. The molecule has 0 aliphatic heterocycles. The van der Waals surface area contributed by atoms with E-state index < -0.39 is 17.7 Å². The topological polar surface area (TPSA) is 82.8 Å². The Kier molecular flexibility index (Phi) is 7.53. The summed E-state index contributed by atoms with van der Waals surface area (Å²) in [4.78, 5) is 29.4. The number of aryl methyl sites for hydroxylation is 1. The molecular weight excluding hydrogens is 382 g/mol. The molecule has 0 saturated carbocycles. The summed E-state index contributed by atoms with van der Waals surface area (Å²) < 4.78 is 13.1. The number of carbonyl (C=O) groups is 2. The first kappa shape index (κ1) is 23.7. The molecule has 2 heterocycles. The summed E-state index contributed by atoms with van der Waals surface area (Å²) in [7, 11) is 0. The molecule has 0 aliphatic rings. The van der Waals surface area contributed by atoms with E-state index >= 15 is 0 Å². The average molecular weight is 416 g/mol. The maximum atomic E-state index is 12.9. The lowest BCUT2D eigenvalue weighted by Gasteiger charge is -2.28. The lowest BCUT2D eigenvalue weighted by Crippen LogP contribution is -2.30. The highest BCUT2D eigenvalue weighted by molar-refractivity contribution is 5.93. The van der Waals surface area contributed by atoms with E-state index in [-0.39, 0.29) is 12.4 Å².